The van der Waals surface area contributed by atoms with Gasteiger partial charge in [-0.05, 0) is 84.6 Å². The maximum atomic E-state index is 12.5. The molecule has 4 atom stereocenters. The van der Waals surface area contributed by atoms with Crippen LogP contribution in [-0.2, 0) is 11.2 Å². The Hall–Kier alpha value is -1.57. The number of carbonyl (C=O) groups excluding carboxylic acids is 1. The number of hydrogen-bond acceptors (Lipinski definition) is 2. The van der Waals surface area contributed by atoms with Gasteiger partial charge in [0.2, 0.25) is 0 Å². The first-order valence-corrected chi connectivity index (χ1v) is 8.95. The van der Waals surface area contributed by atoms with Crippen LogP contribution in [0.5, 0.6) is 5.75 Å². The van der Waals surface area contributed by atoms with Crippen molar-refractivity contribution in [3.8, 4) is 5.75 Å². The molecule has 0 heterocycles. The van der Waals surface area contributed by atoms with Crippen molar-refractivity contribution in [2.75, 3.05) is 7.11 Å². The summed E-state index contributed by atoms with van der Waals surface area (Å²) in [6.07, 6.45) is 7.56. The predicted octanol–water partition coefficient (Wildman–Crippen LogP) is 4.68. The van der Waals surface area contributed by atoms with Crippen molar-refractivity contribution >= 4 is 5.78 Å². The van der Waals surface area contributed by atoms with E-state index >= 15 is 0 Å². The van der Waals surface area contributed by atoms with Crippen molar-refractivity contribution < 1.29 is 9.53 Å². The number of ketones is 1. The van der Waals surface area contributed by atoms with Crippen molar-refractivity contribution in [2.24, 2.45) is 17.3 Å². The molecular formula is C21H26O2. The van der Waals surface area contributed by atoms with Gasteiger partial charge in [0.1, 0.15) is 5.75 Å². The summed E-state index contributed by atoms with van der Waals surface area (Å²) in [7, 11) is 1.74. The third kappa shape index (κ3) is 2.03. The normalized spacial score (nSPS) is 37.3. The Balaban J connectivity index is 1.71. The van der Waals surface area contributed by atoms with Crippen LogP contribution in [0.15, 0.2) is 29.8 Å². The fraction of sp³-hybridized carbons (Fsp3) is 0.571. The quantitative estimate of drug-likeness (QED) is 0.704. The molecule has 0 aromatic heterocycles. The third-order valence-electron chi connectivity index (χ3n) is 6.93. The average Bonchev–Trinajstić information content (AvgIpc) is 2.83. The molecule has 0 amide bonds. The SMILES string of the molecule is CC=C1C(=O)C[C@H]2[C@@H]3CCc4cc(OC)ccc4[C@H]3CC[C@]12C. The smallest absolute Gasteiger partial charge is 0.159 e. The number of benzene rings is 1. The zero-order valence-corrected chi connectivity index (χ0v) is 14.4. The number of carbonyl (C=O) groups is 1. The molecule has 4 rings (SSSR count). The maximum absolute atomic E-state index is 12.5. The van der Waals surface area contributed by atoms with Crippen LogP contribution in [0.4, 0.5) is 0 Å². The summed E-state index contributed by atoms with van der Waals surface area (Å²) in [6, 6.07) is 6.60. The Bertz CT molecular complexity index is 687. The molecule has 1 aromatic rings. The lowest BCUT2D eigenvalue weighted by atomic mass is 9.55. The van der Waals surface area contributed by atoms with Gasteiger partial charge in [0.15, 0.2) is 5.78 Å². The molecule has 0 saturated heterocycles. The van der Waals surface area contributed by atoms with E-state index in [0.717, 1.165) is 30.6 Å². The van der Waals surface area contributed by atoms with E-state index in [0.29, 0.717) is 23.5 Å². The molecule has 0 spiro atoms. The largest absolute Gasteiger partial charge is 0.497 e. The van der Waals surface area contributed by atoms with Gasteiger partial charge in [-0.15, -0.1) is 0 Å². The molecule has 3 aliphatic rings. The molecule has 1 aromatic carbocycles. The van der Waals surface area contributed by atoms with Gasteiger partial charge in [0, 0.05) is 6.42 Å². The van der Waals surface area contributed by atoms with Gasteiger partial charge in [0.05, 0.1) is 7.11 Å². The summed E-state index contributed by atoms with van der Waals surface area (Å²) in [6.45, 7) is 4.38. The highest BCUT2D eigenvalue weighted by Crippen LogP contribution is 2.61. The summed E-state index contributed by atoms with van der Waals surface area (Å²) in [5.41, 5.74) is 4.22. The van der Waals surface area contributed by atoms with Gasteiger partial charge >= 0.3 is 0 Å². The third-order valence-corrected chi connectivity index (χ3v) is 6.93. The number of Topliss-reactive ketones (excluding diaryl/α,β-unsaturated/α-hetero) is 1. The number of ether oxygens (including phenoxy) is 1. The van der Waals surface area contributed by atoms with Crippen molar-refractivity contribution in [3.05, 3.63) is 41.0 Å². The minimum absolute atomic E-state index is 0.122. The van der Waals surface area contributed by atoms with E-state index in [9.17, 15) is 4.79 Å². The van der Waals surface area contributed by atoms with Crippen LogP contribution in [0.2, 0.25) is 0 Å². The van der Waals surface area contributed by atoms with E-state index in [4.69, 9.17) is 4.74 Å². The Kier molecular flexibility index (Phi) is 3.40. The summed E-state index contributed by atoms with van der Waals surface area (Å²) in [5, 5.41) is 0. The van der Waals surface area contributed by atoms with Crippen LogP contribution in [0.3, 0.4) is 0 Å². The molecule has 0 unspecified atom stereocenters. The first-order chi connectivity index (χ1) is 11.1. The Morgan fingerprint density at radius 3 is 2.87 bits per heavy atom. The molecule has 0 bridgehead atoms. The van der Waals surface area contributed by atoms with E-state index in [1.807, 2.05) is 6.92 Å². The Morgan fingerprint density at radius 2 is 2.13 bits per heavy atom. The number of hydrogen-bond donors (Lipinski definition) is 0. The molecule has 2 saturated carbocycles. The number of allylic oxidation sites excluding steroid dienone is 2. The van der Waals surface area contributed by atoms with E-state index in [2.05, 4.69) is 31.2 Å². The second kappa shape index (κ2) is 5.22. The van der Waals surface area contributed by atoms with Crippen LogP contribution < -0.4 is 4.74 Å². The lowest BCUT2D eigenvalue weighted by Crippen LogP contribution is -2.40. The van der Waals surface area contributed by atoms with E-state index in [-0.39, 0.29) is 5.41 Å². The summed E-state index contributed by atoms with van der Waals surface area (Å²) >= 11 is 0. The number of fused-ring (bicyclic) bond motifs is 5. The number of methoxy groups -OCH3 is 1. The van der Waals surface area contributed by atoms with Gasteiger partial charge in [-0.3, -0.25) is 4.79 Å². The van der Waals surface area contributed by atoms with Gasteiger partial charge < -0.3 is 4.74 Å². The zero-order chi connectivity index (χ0) is 16.2. The first kappa shape index (κ1) is 15.0. The topological polar surface area (TPSA) is 26.3 Å². The second-order valence-corrected chi connectivity index (χ2v) is 7.77. The highest BCUT2D eigenvalue weighted by atomic mass is 16.5. The molecule has 0 N–H and O–H groups in total. The van der Waals surface area contributed by atoms with Gasteiger partial charge in [0.25, 0.3) is 0 Å². The van der Waals surface area contributed by atoms with Crippen molar-refractivity contribution in [2.45, 2.75) is 51.9 Å². The predicted molar refractivity (Wildman–Crippen MR) is 91.8 cm³/mol. The minimum Gasteiger partial charge on any atom is -0.497 e. The number of rotatable bonds is 1. The van der Waals surface area contributed by atoms with E-state index in [1.54, 1.807) is 7.11 Å². The van der Waals surface area contributed by atoms with Crippen LogP contribution in [0, 0.1) is 17.3 Å². The fourth-order valence-electron chi connectivity index (χ4n) is 5.84. The van der Waals surface area contributed by atoms with Crippen LogP contribution >= 0.6 is 0 Å². The first-order valence-electron chi connectivity index (χ1n) is 8.95. The number of aryl methyl sites for hydroxylation is 1. The van der Waals surface area contributed by atoms with Gasteiger partial charge in [-0.2, -0.15) is 0 Å². The standard InChI is InChI=1S/C21H26O2/c1-4-18-20(22)12-19-17-7-5-13-11-14(23-3)6-8-15(13)16(17)9-10-21(18,19)2/h4,6,8,11,16-17,19H,5,7,9-10,12H2,1-3H3/t16-,17-,19+,21-/m1/s1. The molecule has 2 heteroatoms. The highest BCUT2D eigenvalue weighted by Gasteiger charge is 2.55. The van der Waals surface area contributed by atoms with Crippen LogP contribution in [0.25, 0.3) is 0 Å². The lowest BCUT2D eigenvalue weighted by molar-refractivity contribution is -0.115. The summed E-state index contributed by atoms with van der Waals surface area (Å²) < 4.78 is 5.39. The van der Waals surface area contributed by atoms with E-state index in [1.165, 1.54) is 24.0 Å². The van der Waals surface area contributed by atoms with Crippen molar-refractivity contribution in [1.29, 1.82) is 0 Å². The molecule has 122 valence electrons. The van der Waals surface area contributed by atoms with Crippen LogP contribution in [0.1, 0.15) is 56.6 Å². The van der Waals surface area contributed by atoms with Gasteiger partial charge in [-0.25, -0.2) is 0 Å². The molecular weight excluding hydrogens is 284 g/mol. The van der Waals surface area contributed by atoms with Crippen molar-refractivity contribution in [1.82, 2.24) is 0 Å². The van der Waals surface area contributed by atoms with Crippen molar-refractivity contribution in [3.63, 3.8) is 0 Å². The van der Waals surface area contributed by atoms with E-state index < -0.39 is 0 Å². The molecule has 2 nitrogen and oxygen atoms in total. The monoisotopic (exact) mass is 310 g/mol. The molecule has 0 aliphatic heterocycles. The van der Waals surface area contributed by atoms with Gasteiger partial charge in [-0.1, -0.05) is 19.1 Å². The molecule has 3 aliphatic carbocycles. The lowest BCUT2D eigenvalue weighted by Gasteiger charge is -2.49. The molecule has 2 fully saturated rings. The van der Waals surface area contributed by atoms with Crippen LogP contribution in [-0.4, -0.2) is 12.9 Å². The second-order valence-electron chi connectivity index (χ2n) is 7.77. The highest BCUT2D eigenvalue weighted by molar-refractivity contribution is 5.99. The fourth-order valence-corrected chi connectivity index (χ4v) is 5.84. The molecule has 23 heavy (non-hydrogen) atoms. The summed E-state index contributed by atoms with van der Waals surface area (Å²) in [5.74, 6) is 3.20. The minimum atomic E-state index is 0.122. The Morgan fingerprint density at radius 1 is 1.30 bits per heavy atom. The summed E-state index contributed by atoms with van der Waals surface area (Å²) in [4.78, 5) is 12.5. The Labute approximate surface area is 138 Å². The zero-order valence-electron chi connectivity index (χ0n) is 14.4. The average molecular weight is 310 g/mol. The maximum Gasteiger partial charge on any atom is 0.159 e. The molecule has 0 radical (unpaired) electrons.